The van der Waals surface area contributed by atoms with Crippen molar-refractivity contribution >= 4 is 5.71 Å². The number of fused-ring (bicyclic) bond motifs is 1. The second kappa shape index (κ2) is 7.43. The first kappa shape index (κ1) is 15.8. The SMILES string of the molecule is CCOC(OCC)C1=NCCc2cc(OC)c(OC)cc21. The number of rotatable bonds is 7. The van der Waals surface area contributed by atoms with Gasteiger partial charge in [-0.2, -0.15) is 0 Å². The van der Waals surface area contributed by atoms with Crippen molar-refractivity contribution in [3.05, 3.63) is 23.3 Å². The van der Waals surface area contributed by atoms with Crippen LogP contribution in [-0.4, -0.2) is 46.0 Å². The molecule has 0 saturated carbocycles. The van der Waals surface area contributed by atoms with E-state index in [9.17, 15) is 0 Å². The Morgan fingerprint density at radius 1 is 1.05 bits per heavy atom. The van der Waals surface area contributed by atoms with E-state index < -0.39 is 6.29 Å². The van der Waals surface area contributed by atoms with Crippen LogP contribution in [0.2, 0.25) is 0 Å². The lowest BCUT2D eigenvalue weighted by Gasteiger charge is -2.25. The minimum absolute atomic E-state index is 0.433. The zero-order valence-corrected chi connectivity index (χ0v) is 13.1. The third kappa shape index (κ3) is 3.36. The summed E-state index contributed by atoms with van der Waals surface area (Å²) in [5.74, 6) is 1.43. The predicted molar refractivity (Wildman–Crippen MR) is 81.7 cm³/mol. The largest absolute Gasteiger partial charge is 0.493 e. The Bertz CT molecular complexity index is 507. The molecular formula is C16H23NO4. The van der Waals surface area contributed by atoms with Gasteiger partial charge >= 0.3 is 0 Å². The summed E-state index contributed by atoms with van der Waals surface area (Å²) >= 11 is 0. The second-order valence-electron chi connectivity index (χ2n) is 4.62. The molecule has 1 aromatic rings. The summed E-state index contributed by atoms with van der Waals surface area (Å²) in [5.41, 5.74) is 3.04. The summed E-state index contributed by atoms with van der Waals surface area (Å²) in [6.07, 6.45) is 0.446. The molecule has 0 amide bonds. The van der Waals surface area contributed by atoms with Crippen LogP contribution in [0, 0.1) is 0 Å². The van der Waals surface area contributed by atoms with E-state index in [-0.39, 0.29) is 0 Å². The van der Waals surface area contributed by atoms with Crippen molar-refractivity contribution in [1.29, 1.82) is 0 Å². The minimum Gasteiger partial charge on any atom is -0.493 e. The van der Waals surface area contributed by atoms with E-state index in [4.69, 9.17) is 18.9 Å². The van der Waals surface area contributed by atoms with Crippen molar-refractivity contribution in [2.45, 2.75) is 26.6 Å². The van der Waals surface area contributed by atoms with Gasteiger partial charge in [0.2, 0.25) is 6.29 Å². The van der Waals surface area contributed by atoms with Crippen molar-refractivity contribution in [3.63, 3.8) is 0 Å². The lowest BCUT2D eigenvalue weighted by Crippen LogP contribution is -2.31. The lowest BCUT2D eigenvalue weighted by molar-refractivity contribution is -0.0897. The smallest absolute Gasteiger partial charge is 0.201 e. The fraction of sp³-hybridized carbons (Fsp3) is 0.562. The number of hydrogen-bond donors (Lipinski definition) is 0. The molecule has 1 aliphatic heterocycles. The van der Waals surface area contributed by atoms with Gasteiger partial charge in [0.15, 0.2) is 11.5 Å². The van der Waals surface area contributed by atoms with E-state index in [1.54, 1.807) is 14.2 Å². The number of aliphatic imine (C=N–C) groups is 1. The highest BCUT2D eigenvalue weighted by Gasteiger charge is 2.25. The lowest BCUT2D eigenvalue weighted by atomic mass is 9.96. The van der Waals surface area contributed by atoms with E-state index >= 15 is 0 Å². The molecule has 21 heavy (non-hydrogen) atoms. The van der Waals surface area contributed by atoms with Crippen molar-refractivity contribution in [3.8, 4) is 11.5 Å². The molecule has 0 aliphatic carbocycles. The van der Waals surface area contributed by atoms with Gasteiger partial charge in [-0.25, -0.2) is 0 Å². The Hall–Kier alpha value is -1.59. The quantitative estimate of drug-likeness (QED) is 0.725. The highest BCUT2D eigenvalue weighted by molar-refractivity contribution is 6.05. The van der Waals surface area contributed by atoms with Crippen LogP contribution < -0.4 is 9.47 Å². The Balaban J connectivity index is 2.41. The molecule has 5 nitrogen and oxygen atoms in total. The highest BCUT2D eigenvalue weighted by atomic mass is 16.7. The summed E-state index contributed by atoms with van der Waals surface area (Å²) in [5, 5.41) is 0. The van der Waals surface area contributed by atoms with Gasteiger partial charge in [-0.1, -0.05) is 0 Å². The average molecular weight is 293 g/mol. The van der Waals surface area contributed by atoms with Crippen molar-refractivity contribution in [2.75, 3.05) is 34.0 Å². The Kier molecular flexibility index (Phi) is 5.59. The summed E-state index contributed by atoms with van der Waals surface area (Å²) in [6, 6.07) is 3.97. The molecule has 2 rings (SSSR count). The maximum Gasteiger partial charge on any atom is 0.201 e. The zero-order valence-electron chi connectivity index (χ0n) is 13.1. The molecule has 0 fully saturated rings. The number of nitrogens with zero attached hydrogens (tertiary/aromatic N) is 1. The van der Waals surface area contributed by atoms with Gasteiger partial charge in [0.05, 0.1) is 19.9 Å². The number of benzene rings is 1. The van der Waals surface area contributed by atoms with Gasteiger partial charge in [0.25, 0.3) is 0 Å². The summed E-state index contributed by atoms with van der Waals surface area (Å²) < 4.78 is 22.1. The van der Waals surface area contributed by atoms with Crippen LogP contribution in [0.15, 0.2) is 17.1 Å². The van der Waals surface area contributed by atoms with Crippen LogP contribution in [0.3, 0.4) is 0 Å². The maximum atomic E-state index is 5.68. The molecule has 1 aromatic carbocycles. The monoisotopic (exact) mass is 293 g/mol. The molecule has 116 valence electrons. The van der Waals surface area contributed by atoms with Crippen LogP contribution in [0.1, 0.15) is 25.0 Å². The van der Waals surface area contributed by atoms with Crippen molar-refractivity contribution in [2.24, 2.45) is 4.99 Å². The van der Waals surface area contributed by atoms with E-state index in [1.807, 2.05) is 26.0 Å². The summed E-state index contributed by atoms with van der Waals surface area (Å²) in [7, 11) is 3.28. The molecule has 0 unspecified atom stereocenters. The van der Waals surface area contributed by atoms with Gasteiger partial charge < -0.3 is 18.9 Å². The average Bonchev–Trinajstić information content (AvgIpc) is 2.52. The van der Waals surface area contributed by atoms with Gasteiger partial charge in [0, 0.05) is 25.3 Å². The topological polar surface area (TPSA) is 49.3 Å². The van der Waals surface area contributed by atoms with Gasteiger partial charge in [-0.05, 0) is 38.0 Å². The second-order valence-corrected chi connectivity index (χ2v) is 4.62. The van der Waals surface area contributed by atoms with Gasteiger partial charge in [-0.3, -0.25) is 4.99 Å². The summed E-state index contributed by atoms with van der Waals surface area (Å²) in [4.78, 5) is 4.61. The van der Waals surface area contributed by atoms with Crippen LogP contribution in [-0.2, 0) is 15.9 Å². The molecule has 0 bridgehead atoms. The molecule has 0 saturated heterocycles. The fourth-order valence-electron chi connectivity index (χ4n) is 2.46. The number of hydrogen-bond acceptors (Lipinski definition) is 5. The molecule has 0 radical (unpaired) electrons. The Labute approximate surface area is 125 Å². The summed E-state index contributed by atoms with van der Waals surface area (Å²) in [6.45, 7) is 5.78. The molecule has 0 spiro atoms. The van der Waals surface area contributed by atoms with Crippen molar-refractivity contribution in [1.82, 2.24) is 0 Å². The van der Waals surface area contributed by atoms with Crippen LogP contribution >= 0.6 is 0 Å². The molecule has 5 heteroatoms. The Morgan fingerprint density at radius 2 is 1.67 bits per heavy atom. The first-order valence-electron chi connectivity index (χ1n) is 7.27. The predicted octanol–water partition coefficient (Wildman–Crippen LogP) is 2.45. The van der Waals surface area contributed by atoms with Crippen molar-refractivity contribution < 1.29 is 18.9 Å². The third-order valence-electron chi connectivity index (χ3n) is 3.41. The van der Waals surface area contributed by atoms with Crippen LogP contribution in [0.4, 0.5) is 0 Å². The zero-order chi connectivity index (χ0) is 15.2. The molecule has 0 aromatic heterocycles. The standard InChI is InChI=1S/C16H23NO4/c1-5-20-16(21-6-2)15-12-10-14(19-4)13(18-3)9-11(12)7-8-17-15/h9-10,16H,5-8H2,1-4H3. The van der Waals surface area contributed by atoms with E-state index in [1.165, 1.54) is 5.56 Å². The third-order valence-corrected chi connectivity index (χ3v) is 3.41. The van der Waals surface area contributed by atoms with E-state index in [0.29, 0.717) is 19.0 Å². The van der Waals surface area contributed by atoms with E-state index in [0.717, 1.165) is 30.0 Å². The first-order valence-corrected chi connectivity index (χ1v) is 7.27. The molecule has 1 aliphatic rings. The van der Waals surface area contributed by atoms with E-state index in [2.05, 4.69) is 4.99 Å². The fourth-order valence-corrected chi connectivity index (χ4v) is 2.46. The molecule has 0 atom stereocenters. The van der Waals surface area contributed by atoms with Crippen LogP contribution in [0.25, 0.3) is 0 Å². The molecule has 0 N–H and O–H groups in total. The molecule has 1 heterocycles. The Morgan fingerprint density at radius 3 is 2.24 bits per heavy atom. The normalized spacial score (nSPS) is 13.9. The first-order chi connectivity index (χ1) is 10.2. The molecular weight excluding hydrogens is 270 g/mol. The maximum absolute atomic E-state index is 5.68. The number of ether oxygens (including phenoxy) is 4. The minimum atomic E-state index is -0.433. The van der Waals surface area contributed by atoms with Gasteiger partial charge in [-0.15, -0.1) is 0 Å². The van der Waals surface area contributed by atoms with Crippen LogP contribution in [0.5, 0.6) is 11.5 Å². The van der Waals surface area contributed by atoms with Gasteiger partial charge in [0.1, 0.15) is 0 Å². The highest BCUT2D eigenvalue weighted by Crippen LogP contribution is 2.33. The number of methoxy groups -OCH3 is 2.